The molecule has 0 fully saturated rings. The number of nitrogens with zero attached hydrogens (tertiary/aromatic N) is 3. The molecule has 100 valence electrons. The summed E-state index contributed by atoms with van der Waals surface area (Å²) in [6.45, 7) is 2.71. The minimum absolute atomic E-state index is 0.274. The van der Waals surface area contributed by atoms with Crippen molar-refractivity contribution in [1.82, 2.24) is 9.78 Å². The Morgan fingerprint density at radius 1 is 1.37 bits per heavy atom. The van der Waals surface area contributed by atoms with Crippen LogP contribution in [0.4, 0.5) is 10.5 Å². The van der Waals surface area contributed by atoms with Crippen LogP contribution in [0.25, 0.3) is 0 Å². The van der Waals surface area contributed by atoms with Crippen LogP contribution in [0.1, 0.15) is 12.5 Å². The molecule has 5 heteroatoms. The average molecular weight is 259 g/mol. The van der Waals surface area contributed by atoms with E-state index in [9.17, 15) is 4.79 Å². The number of hydrogen-bond donors (Lipinski definition) is 0. The number of rotatable bonds is 4. The molecule has 1 heterocycles. The van der Waals surface area contributed by atoms with Crippen LogP contribution in [0.15, 0.2) is 42.7 Å². The molecular weight excluding hydrogens is 242 g/mol. The van der Waals surface area contributed by atoms with E-state index >= 15 is 0 Å². The molecule has 2 aromatic rings. The summed E-state index contributed by atoms with van der Waals surface area (Å²) in [6.07, 6.45) is 3.07. The molecule has 19 heavy (non-hydrogen) atoms. The highest BCUT2D eigenvalue weighted by Gasteiger charge is 2.16. The van der Waals surface area contributed by atoms with Crippen LogP contribution < -0.4 is 4.90 Å². The van der Waals surface area contributed by atoms with Gasteiger partial charge in [0.1, 0.15) is 6.61 Å². The first kappa shape index (κ1) is 13.1. The van der Waals surface area contributed by atoms with Crippen molar-refractivity contribution >= 4 is 11.8 Å². The molecule has 0 spiro atoms. The molecule has 0 N–H and O–H groups in total. The van der Waals surface area contributed by atoms with Gasteiger partial charge in [-0.15, -0.1) is 0 Å². The molecule has 0 bridgehead atoms. The molecule has 0 aliphatic rings. The summed E-state index contributed by atoms with van der Waals surface area (Å²) in [7, 11) is 1.81. The van der Waals surface area contributed by atoms with Crippen LogP contribution >= 0.6 is 0 Å². The first-order valence-electron chi connectivity index (χ1n) is 6.17. The smallest absolute Gasteiger partial charge is 0.414 e. The van der Waals surface area contributed by atoms with Gasteiger partial charge in [-0.25, -0.2) is 4.79 Å². The van der Waals surface area contributed by atoms with Gasteiger partial charge in [-0.3, -0.25) is 9.58 Å². The van der Waals surface area contributed by atoms with Crippen molar-refractivity contribution < 1.29 is 9.53 Å². The van der Waals surface area contributed by atoms with Crippen molar-refractivity contribution in [3.05, 3.63) is 48.3 Å². The summed E-state index contributed by atoms with van der Waals surface area (Å²) in [4.78, 5) is 13.6. The molecule has 0 aliphatic carbocycles. The topological polar surface area (TPSA) is 47.4 Å². The van der Waals surface area contributed by atoms with Gasteiger partial charge in [-0.1, -0.05) is 30.3 Å². The standard InChI is InChI=1S/C14H17N3O2/c1-3-17(13-9-15-16(2)10-13)14(18)19-11-12-7-5-4-6-8-12/h4-10H,3,11H2,1-2H3. The SMILES string of the molecule is CCN(C(=O)OCc1ccccc1)c1cnn(C)c1. The second kappa shape index (κ2) is 6.04. The van der Waals surface area contributed by atoms with Gasteiger partial charge in [-0.05, 0) is 12.5 Å². The third kappa shape index (κ3) is 3.34. The van der Waals surface area contributed by atoms with Crippen molar-refractivity contribution in [2.75, 3.05) is 11.4 Å². The zero-order valence-electron chi connectivity index (χ0n) is 11.1. The summed E-state index contributed by atoms with van der Waals surface area (Å²) in [6, 6.07) is 9.62. The van der Waals surface area contributed by atoms with Crippen LogP contribution in [0.5, 0.6) is 0 Å². The monoisotopic (exact) mass is 259 g/mol. The largest absolute Gasteiger partial charge is 0.444 e. The number of hydrogen-bond acceptors (Lipinski definition) is 3. The Morgan fingerprint density at radius 3 is 2.68 bits per heavy atom. The van der Waals surface area contributed by atoms with Crippen molar-refractivity contribution in [3.63, 3.8) is 0 Å². The number of carbonyl (C=O) groups excluding carboxylic acids is 1. The lowest BCUT2D eigenvalue weighted by atomic mass is 10.2. The molecular formula is C14H17N3O2. The maximum absolute atomic E-state index is 12.0. The van der Waals surface area contributed by atoms with Crippen molar-refractivity contribution in [3.8, 4) is 0 Å². The van der Waals surface area contributed by atoms with Gasteiger partial charge in [0.25, 0.3) is 0 Å². The number of carbonyl (C=O) groups is 1. The summed E-state index contributed by atoms with van der Waals surface area (Å²) >= 11 is 0. The van der Waals surface area contributed by atoms with Crippen LogP contribution in [-0.4, -0.2) is 22.4 Å². The number of anilines is 1. The number of ether oxygens (including phenoxy) is 1. The minimum atomic E-state index is -0.362. The summed E-state index contributed by atoms with van der Waals surface area (Å²) < 4.78 is 6.95. The Labute approximate surface area is 112 Å². The van der Waals surface area contributed by atoms with Crippen LogP contribution in [0, 0.1) is 0 Å². The molecule has 5 nitrogen and oxygen atoms in total. The molecule has 1 aromatic heterocycles. The molecule has 2 rings (SSSR count). The van der Waals surface area contributed by atoms with E-state index in [4.69, 9.17) is 4.74 Å². The second-order valence-corrected chi connectivity index (χ2v) is 4.16. The molecule has 0 saturated carbocycles. The van der Waals surface area contributed by atoms with Gasteiger partial charge in [0.2, 0.25) is 0 Å². The molecule has 1 aromatic carbocycles. The Kier molecular flexibility index (Phi) is 4.18. The fourth-order valence-corrected chi connectivity index (χ4v) is 1.76. The lowest BCUT2D eigenvalue weighted by Crippen LogP contribution is -2.30. The summed E-state index contributed by atoms with van der Waals surface area (Å²) in [5.74, 6) is 0. The Bertz CT molecular complexity index is 537. The normalized spacial score (nSPS) is 10.2. The van der Waals surface area contributed by atoms with Crippen molar-refractivity contribution in [1.29, 1.82) is 0 Å². The highest BCUT2D eigenvalue weighted by molar-refractivity contribution is 5.87. The van der Waals surface area contributed by atoms with Gasteiger partial charge >= 0.3 is 6.09 Å². The van der Waals surface area contributed by atoms with Crippen LogP contribution in [0.3, 0.4) is 0 Å². The van der Waals surface area contributed by atoms with E-state index in [0.717, 1.165) is 11.3 Å². The summed E-state index contributed by atoms with van der Waals surface area (Å²) in [5, 5.41) is 4.05. The van der Waals surface area contributed by atoms with E-state index in [1.165, 1.54) is 0 Å². The molecule has 0 aliphatic heterocycles. The Morgan fingerprint density at radius 2 is 2.11 bits per heavy atom. The van der Waals surface area contributed by atoms with Gasteiger partial charge in [-0.2, -0.15) is 5.10 Å². The number of aryl methyl sites for hydroxylation is 1. The van der Waals surface area contributed by atoms with E-state index < -0.39 is 0 Å². The quantitative estimate of drug-likeness (QED) is 0.847. The number of aromatic nitrogens is 2. The van der Waals surface area contributed by atoms with E-state index in [2.05, 4.69) is 5.10 Å². The minimum Gasteiger partial charge on any atom is -0.444 e. The van der Waals surface area contributed by atoms with Gasteiger partial charge in [0, 0.05) is 19.8 Å². The van der Waals surface area contributed by atoms with E-state index in [1.54, 1.807) is 22.0 Å². The zero-order valence-corrected chi connectivity index (χ0v) is 11.1. The fourth-order valence-electron chi connectivity index (χ4n) is 1.76. The highest BCUT2D eigenvalue weighted by atomic mass is 16.6. The van der Waals surface area contributed by atoms with E-state index in [0.29, 0.717) is 6.54 Å². The Hall–Kier alpha value is -2.30. The lowest BCUT2D eigenvalue weighted by molar-refractivity contribution is 0.147. The number of amides is 1. The first-order valence-corrected chi connectivity index (χ1v) is 6.17. The van der Waals surface area contributed by atoms with Gasteiger partial charge in [0.15, 0.2) is 0 Å². The predicted molar refractivity (Wildman–Crippen MR) is 72.9 cm³/mol. The third-order valence-corrected chi connectivity index (χ3v) is 2.74. The maximum atomic E-state index is 12.0. The lowest BCUT2D eigenvalue weighted by Gasteiger charge is -2.18. The molecule has 0 saturated heterocycles. The van der Waals surface area contributed by atoms with Gasteiger partial charge < -0.3 is 4.74 Å². The van der Waals surface area contributed by atoms with E-state index in [1.807, 2.05) is 44.3 Å². The summed E-state index contributed by atoms with van der Waals surface area (Å²) in [5.41, 5.74) is 1.71. The fraction of sp³-hybridized carbons (Fsp3) is 0.286. The maximum Gasteiger partial charge on any atom is 0.414 e. The van der Waals surface area contributed by atoms with Crippen LogP contribution in [0.2, 0.25) is 0 Å². The highest BCUT2D eigenvalue weighted by Crippen LogP contribution is 2.14. The molecule has 1 amide bonds. The van der Waals surface area contributed by atoms with Crippen molar-refractivity contribution in [2.45, 2.75) is 13.5 Å². The van der Waals surface area contributed by atoms with Gasteiger partial charge in [0.05, 0.1) is 11.9 Å². The molecule has 0 atom stereocenters. The third-order valence-electron chi connectivity index (χ3n) is 2.74. The predicted octanol–water partition coefficient (Wildman–Crippen LogP) is 2.58. The first-order chi connectivity index (χ1) is 9.20. The average Bonchev–Trinajstić information content (AvgIpc) is 2.85. The molecule has 0 radical (unpaired) electrons. The van der Waals surface area contributed by atoms with Crippen LogP contribution in [-0.2, 0) is 18.4 Å². The number of benzene rings is 1. The molecule has 0 unspecified atom stereocenters. The Balaban J connectivity index is 1.98. The zero-order chi connectivity index (χ0) is 13.7. The van der Waals surface area contributed by atoms with Crippen molar-refractivity contribution in [2.24, 2.45) is 7.05 Å². The van der Waals surface area contributed by atoms with E-state index in [-0.39, 0.29) is 12.7 Å². The second-order valence-electron chi connectivity index (χ2n) is 4.16.